The van der Waals surface area contributed by atoms with E-state index < -0.39 is 24.2 Å². The van der Waals surface area contributed by atoms with Crippen LogP contribution in [0.1, 0.15) is 48.0 Å². The molecule has 11 nitrogen and oxygen atoms in total. The minimum atomic E-state index is -1.23. The van der Waals surface area contributed by atoms with Crippen molar-refractivity contribution >= 4 is 40.7 Å². The third-order valence-electron chi connectivity index (χ3n) is 7.42. The van der Waals surface area contributed by atoms with Gasteiger partial charge in [-0.2, -0.15) is 0 Å². The van der Waals surface area contributed by atoms with Crippen LogP contribution in [0.25, 0.3) is 0 Å². The Hall–Kier alpha value is -3.62. The third kappa shape index (κ3) is 8.10. The van der Waals surface area contributed by atoms with Gasteiger partial charge in [0.25, 0.3) is 0 Å². The second kappa shape index (κ2) is 15.9. The van der Waals surface area contributed by atoms with Crippen LogP contribution < -0.4 is 24.3 Å². The predicted octanol–water partition coefficient (Wildman–Crippen LogP) is 3.53. The van der Waals surface area contributed by atoms with Crippen LogP contribution in [0, 0.1) is 3.57 Å². The number of aliphatic hydroxyl groups excluding tert-OH is 2. The molecule has 2 aromatic carbocycles. The molecule has 44 heavy (non-hydrogen) atoms. The molecule has 4 rings (SSSR count). The fourth-order valence-corrected chi connectivity index (χ4v) is 5.93. The number of carbonyl (C=O) groups is 3. The number of aliphatic hydroxyl groups is 2. The average molecular weight is 721 g/mol. The van der Waals surface area contributed by atoms with Gasteiger partial charge < -0.3 is 39.4 Å². The number of allylic oxidation sites excluding steroid dienone is 1. The molecule has 2 amide bonds. The van der Waals surface area contributed by atoms with Gasteiger partial charge in [0.15, 0.2) is 23.0 Å². The monoisotopic (exact) mass is 720 g/mol. The second-order valence-corrected chi connectivity index (χ2v) is 11.6. The number of hydrogen-bond donors (Lipinski definition) is 3. The SMILES string of the molecule is C=CCCCCC(=O)N(Cc1ccc2c(c1)OCO2)C1CC(C(=O)NCCO)=CC(Oc2c(I)cc(C=O)cc2OC)C1O. The quantitative estimate of drug-likeness (QED) is 0.109. The first kappa shape index (κ1) is 33.3. The fraction of sp³-hybridized carbons (Fsp3) is 0.406. The first-order valence-electron chi connectivity index (χ1n) is 14.4. The molecule has 3 atom stereocenters. The molecule has 1 heterocycles. The second-order valence-electron chi connectivity index (χ2n) is 10.4. The van der Waals surface area contributed by atoms with Crippen molar-refractivity contribution in [3.05, 3.63) is 69.3 Å². The lowest BCUT2D eigenvalue weighted by Crippen LogP contribution is -2.54. The first-order chi connectivity index (χ1) is 21.3. The number of rotatable bonds is 15. The summed E-state index contributed by atoms with van der Waals surface area (Å²) in [6.45, 7) is 3.79. The van der Waals surface area contributed by atoms with E-state index in [0.717, 1.165) is 18.4 Å². The number of aldehydes is 1. The number of halogens is 1. The van der Waals surface area contributed by atoms with E-state index in [4.69, 9.17) is 18.9 Å². The van der Waals surface area contributed by atoms with Crippen molar-refractivity contribution in [2.75, 3.05) is 27.1 Å². The molecule has 1 aliphatic carbocycles. The lowest BCUT2D eigenvalue weighted by molar-refractivity contribution is -0.139. The van der Waals surface area contributed by atoms with Crippen LogP contribution >= 0.6 is 22.6 Å². The highest BCUT2D eigenvalue weighted by molar-refractivity contribution is 14.1. The third-order valence-corrected chi connectivity index (χ3v) is 8.22. The number of fused-ring (bicyclic) bond motifs is 1. The van der Waals surface area contributed by atoms with Gasteiger partial charge in [-0.1, -0.05) is 12.1 Å². The topological polar surface area (TPSA) is 144 Å². The molecule has 2 aliphatic rings. The standard InChI is InChI=1S/C32H37IN2O9/c1-3-4-5-6-7-29(38)35(17-20-8-9-25-26(13-20)43-19-42-25)24-15-22(32(40)34-10-11-36)16-27(30(24)39)44-31-23(33)12-21(18-37)14-28(31)41-2/h3,8-9,12-14,16,18,24,27,30,36,39H,1,4-7,10-11,15,17,19H2,2H3,(H,34,40). The van der Waals surface area contributed by atoms with Gasteiger partial charge in [-0.3, -0.25) is 14.4 Å². The number of unbranched alkanes of at least 4 members (excludes halogenated alkanes) is 2. The van der Waals surface area contributed by atoms with Crippen molar-refractivity contribution in [1.82, 2.24) is 10.2 Å². The molecule has 3 N–H and O–H groups in total. The van der Waals surface area contributed by atoms with Crippen LogP contribution in [0.4, 0.5) is 0 Å². The largest absolute Gasteiger partial charge is 0.493 e. The minimum absolute atomic E-state index is 0.0386. The van der Waals surface area contributed by atoms with Crippen molar-refractivity contribution in [3.8, 4) is 23.0 Å². The Labute approximate surface area is 269 Å². The minimum Gasteiger partial charge on any atom is -0.493 e. The van der Waals surface area contributed by atoms with Crippen LogP contribution in [-0.2, 0) is 16.1 Å². The van der Waals surface area contributed by atoms with E-state index in [-0.39, 0.29) is 56.7 Å². The number of nitrogens with zero attached hydrogens (tertiary/aromatic N) is 1. The molecule has 3 unspecified atom stereocenters. The summed E-state index contributed by atoms with van der Waals surface area (Å²) in [6.07, 6.45) is 4.23. The number of ether oxygens (including phenoxy) is 4. The summed E-state index contributed by atoms with van der Waals surface area (Å²) in [7, 11) is 1.44. The number of methoxy groups -OCH3 is 1. The van der Waals surface area contributed by atoms with Gasteiger partial charge in [0, 0.05) is 37.1 Å². The number of carbonyl (C=O) groups excluding carboxylic acids is 3. The molecule has 12 heteroatoms. The molecule has 0 bridgehead atoms. The molecular weight excluding hydrogens is 683 g/mol. The van der Waals surface area contributed by atoms with Gasteiger partial charge in [0.1, 0.15) is 18.5 Å². The van der Waals surface area contributed by atoms with E-state index in [2.05, 4.69) is 11.9 Å². The highest BCUT2D eigenvalue weighted by Gasteiger charge is 2.41. The summed E-state index contributed by atoms with van der Waals surface area (Å²) < 4.78 is 23.3. The molecule has 236 valence electrons. The molecule has 0 saturated carbocycles. The normalized spacial score (nSPS) is 18.6. The van der Waals surface area contributed by atoms with E-state index in [1.807, 2.05) is 28.7 Å². The number of amides is 2. The molecule has 0 fully saturated rings. The zero-order valence-electron chi connectivity index (χ0n) is 24.5. The van der Waals surface area contributed by atoms with E-state index in [1.54, 1.807) is 29.2 Å². The van der Waals surface area contributed by atoms with Crippen LogP contribution in [0.3, 0.4) is 0 Å². The van der Waals surface area contributed by atoms with E-state index in [0.29, 0.717) is 38.9 Å². The van der Waals surface area contributed by atoms with Gasteiger partial charge in [0.05, 0.1) is 23.3 Å². The van der Waals surface area contributed by atoms with Gasteiger partial charge >= 0.3 is 0 Å². The summed E-state index contributed by atoms with van der Waals surface area (Å²) in [6, 6.07) is 7.72. The maximum absolute atomic E-state index is 13.8. The number of hydrogen-bond acceptors (Lipinski definition) is 9. The highest BCUT2D eigenvalue weighted by atomic mass is 127. The van der Waals surface area contributed by atoms with Gasteiger partial charge in [-0.05, 0) is 77.8 Å². The molecule has 1 aliphatic heterocycles. The number of nitrogens with one attached hydrogen (secondary N) is 1. The Morgan fingerprint density at radius 1 is 1.20 bits per heavy atom. The fourth-order valence-electron chi connectivity index (χ4n) is 5.17. The summed E-state index contributed by atoms with van der Waals surface area (Å²) in [5.74, 6) is 1.11. The molecular formula is C32H37IN2O9. The van der Waals surface area contributed by atoms with Crippen LogP contribution in [0.2, 0.25) is 0 Å². The van der Waals surface area contributed by atoms with Crippen molar-refractivity contribution in [2.45, 2.75) is 56.9 Å². The predicted molar refractivity (Wildman–Crippen MR) is 170 cm³/mol. The average Bonchev–Trinajstić information content (AvgIpc) is 3.50. The first-order valence-corrected chi connectivity index (χ1v) is 15.4. The van der Waals surface area contributed by atoms with Gasteiger partial charge in [-0.25, -0.2) is 0 Å². The summed E-state index contributed by atoms with van der Waals surface area (Å²) >= 11 is 2.01. The van der Waals surface area contributed by atoms with E-state index in [1.165, 1.54) is 19.3 Å². The molecule has 2 aromatic rings. The van der Waals surface area contributed by atoms with E-state index in [9.17, 15) is 24.6 Å². The Balaban J connectivity index is 1.70. The number of benzene rings is 2. The van der Waals surface area contributed by atoms with Gasteiger partial charge in [0.2, 0.25) is 18.6 Å². The van der Waals surface area contributed by atoms with Crippen molar-refractivity contribution in [1.29, 1.82) is 0 Å². The maximum Gasteiger partial charge on any atom is 0.247 e. The Kier molecular flexibility index (Phi) is 12.0. The highest BCUT2D eigenvalue weighted by Crippen LogP contribution is 2.38. The lowest BCUT2D eigenvalue weighted by atomic mass is 9.87. The summed E-state index contributed by atoms with van der Waals surface area (Å²) in [4.78, 5) is 40.0. The van der Waals surface area contributed by atoms with Gasteiger partial charge in [-0.15, -0.1) is 6.58 Å². The van der Waals surface area contributed by atoms with Crippen LogP contribution in [0.5, 0.6) is 23.0 Å². The maximum atomic E-state index is 13.8. The van der Waals surface area contributed by atoms with Crippen molar-refractivity contribution < 1.29 is 43.5 Å². The molecule has 0 spiro atoms. The summed E-state index contributed by atoms with van der Waals surface area (Å²) in [5, 5.41) is 23.7. The van der Waals surface area contributed by atoms with E-state index >= 15 is 0 Å². The Bertz CT molecular complexity index is 1400. The lowest BCUT2D eigenvalue weighted by Gasteiger charge is -2.41. The Morgan fingerprint density at radius 3 is 2.73 bits per heavy atom. The van der Waals surface area contributed by atoms with Crippen LogP contribution in [-0.4, -0.2) is 78.5 Å². The molecule has 0 saturated heterocycles. The summed E-state index contributed by atoms with van der Waals surface area (Å²) in [5.41, 5.74) is 1.45. The molecule has 0 aromatic heterocycles. The van der Waals surface area contributed by atoms with Crippen molar-refractivity contribution in [2.24, 2.45) is 0 Å². The zero-order chi connectivity index (χ0) is 31.6. The zero-order valence-corrected chi connectivity index (χ0v) is 26.7. The smallest absolute Gasteiger partial charge is 0.247 e. The van der Waals surface area contributed by atoms with Crippen LogP contribution in [0.15, 0.2) is 54.6 Å². The van der Waals surface area contributed by atoms with Crippen molar-refractivity contribution in [3.63, 3.8) is 0 Å². The Morgan fingerprint density at radius 2 is 2.00 bits per heavy atom. The molecule has 0 radical (unpaired) electrons.